The van der Waals surface area contributed by atoms with Gasteiger partial charge in [0.15, 0.2) is 6.04 Å². The van der Waals surface area contributed by atoms with E-state index in [0.717, 1.165) is 23.9 Å². The van der Waals surface area contributed by atoms with Gasteiger partial charge in [0.05, 0.1) is 23.8 Å². The molecule has 7 nitrogen and oxygen atoms in total. The van der Waals surface area contributed by atoms with Crippen LogP contribution in [0.4, 0.5) is 26.3 Å². The third kappa shape index (κ3) is 5.34. The van der Waals surface area contributed by atoms with Gasteiger partial charge in [0.25, 0.3) is 5.56 Å². The van der Waals surface area contributed by atoms with Gasteiger partial charge in [-0.25, -0.2) is 13.5 Å². The number of benzene rings is 1. The van der Waals surface area contributed by atoms with Crippen LogP contribution in [0.1, 0.15) is 35.8 Å². The molecule has 3 heterocycles. The molecule has 2 aliphatic heterocycles. The van der Waals surface area contributed by atoms with Crippen LogP contribution in [0.5, 0.6) is 5.75 Å². The quantitative estimate of drug-likeness (QED) is 0.479. The van der Waals surface area contributed by atoms with Crippen LogP contribution in [0.2, 0.25) is 0 Å². The fraction of sp³-hybridized carbons (Fsp3) is 0.583. The van der Waals surface area contributed by atoms with E-state index in [9.17, 15) is 35.3 Å². The second kappa shape index (κ2) is 9.63. The highest BCUT2D eigenvalue weighted by Gasteiger charge is 2.53. The van der Waals surface area contributed by atoms with Gasteiger partial charge in [-0.1, -0.05) is 24.3 Å². The number of alkyl halides is 6. The van der Waals surface area contributed by atoms with Crippen LogP contribution in [0.25, 0.3) is 0 Å². The molecule has 3 aliphatic rings. The van der Waals surface area contributed by atoms with E-state index >= 15 is 0 Å². The van der Waals surface area contributed by atoms with E-state index < -0.39 is 53.1 Å². The highest BCUT2D eigenvalue weighted by atomic mass is 32.2. The number of aromatic nitrogens is 2. The number of fused-ring (bicyclic) bond motifs is 1. The normalized spacial score (nSPS) is 21.6. The van der Waals surface area contributed by atoms with Crippen LogP contribution >= 0.6 is 0 Å². The number of halogens is 6. The van der Waals surface area contributed by atoms with Gasteiger partial charge in [-0.05, 0) is 35.3 Å². The van der Waals surface area contributed by atoms with Crippen molar-refractivity contribution in [2.75, 3.05) is 26.0 Å². The zero-order valence-corrected chi connectivity index (χ0v) is 21.2. The van der Waals surface area contributed by atoms with Crippen molar-refractivity contribution in [3.8, 4) is 5.75 Å². The third-order valence-corrected chi connectivity index (χ3v) is 8.46. The molecule has 0 N–H and O–H groups in total. The van der Waals surface area contributed by atoms with Crippen molar-refractivity contribution in [3.63, 3.8) is 0 Å². The summed E-state index contributed by atoms with van der Waals surface area (Å²) in [6.45, 7) is -0.820. The molecule has 2 atom stereocenters. The summed E-state index contributed by atoms with van der Waals surface area (Å²) in [5.41, 5.74) is -0.0108. The Balaban J connectivity index is 1.37. The van der Waals surface area contributed by atoms with Crippen molar-refractivity contribution >= 4 is 11.0 Å². The Morgan fingerprint density at radius 2 is 1.71 bits per heavy atom. The van der Waals surface area contributed by atoms with Crippen molar-refractivity contribution in [1.82, 2.24) is 18.8 Å². The van der Waals surface area contributed by atoms with Crippen molar-refractivity contribution < 1.29 is 35.3 Å². The lowest BCUT2D eigenvalue weighted by Crippen LogP contribution is -2.62. The van der Waals surface area contributed by atoms with Gasteiger partial charge in [0, 0.05) is 32.4 Å². The second-order valence-corrected chi connectivity index (χ2v) is 11.8. The molecule has 0 radical (unpaired) electrons. The fourth-order valence-electron chi connectivity index (χ4n) is 5.83. The minimum atomic E-state index is -4.99. The van der Waals surface area contributed by atoms with Gasteiger partial charge >= 0.3 is 12.4 Å². The Hall–Kier alpha value is -2.45. The first-order valence-corrected chi connectivity index (χ1v) is 13.5. The maximum atomic E-state index is 14.3. The van der Waals surface area contributed by atoms with E-state index in [1.165, 1.54) is 0 Å². The highest BCUT2D eigenvalue weighted by Crippen LogP contribution is 2.52. The number of ether oxygens (including phenoxy) is 1. The topological polar surface area (TPSA) is 67.7 Å². The maximum absolute atomic E-state index is 14.3. The smallest absolute Gasteiger partial charge is 0.411 e. The summed E-state index contributed by atoms with van der Waals surface area (Å²) in [5, 5.41) is 0. The van der Waals surface area contributed by atoms with Crippen molar-refractivity contribution in [1.29, 1.82) is 0 Å². The van der Waals surface area contributed by atoms with Crippen LogP contribution < -0.4 is 10.3 Å². The molecular weight excluding hydrogens is 538 g/mol. The van der Waals surface area contributed by atoms with E-state index in [1.807, 2.05) is 4.31 Å². The number of hydrogen-bond acceptors (Lipinski definition) is 5. The Morgan fingerprint density at radius 3 is 2.24 bits per heavy atom. The summed E-state index contributed by atoms with van der Waals surface area (Å²) in [7, 11) is -1.05. The summed E-state index contributed by atoms with van der Waals surface area (Å²) >= 11 is 0. The molecule has 0 bridgehead atoms. The summed E-state index contributed by atoms with van der Waals surface area (Å²) in [6, 6.07) is 4.14. The molecule has 1 aliphatic carbocycles. The van der Waals surface area contributed by atoms with Gasteiger partial charge in [-0.15, -0.1) is 0 Å². The van der Waals surface area contributed by atoms with Crippen LogP contribution in [-0.2, 0) is 30.6 Å². The fourth-order valence-corrected chi connectivity index (χ4v) is 6.74. The monoisotopic (exact) mass is 564 g/mol. The van der Waals surface area contributed by atoms with Crippen molar-refractivity contribution in [2.24, 2.45) is 11.3 Å². The summed E-state index contributed by atoms with van der Waals surface area (Å²) in [5.74, 6) is -1.51. The van der Waals surface area contributed by atoms with Crippen LogP contribution in [0.15, 0.2) is 35.3 Å². The van der Waals surface area contributed by atoms with E-state index in [1.54, 1.807) is 30.5 Å². The highest BCUT2D eigenvalue weighted by molar-refractivity contribution is 7.81. The van der Waals surface area contributed by atoms with Gasteiger partial charge in [-0.3, -0.25) is 14.3 Å². The zero-order valence-electron chi connectivity index (χ0n) is 20.4. The Kier molecular flexibility index (Phi) is 6.87. The average Bonchev–Trinajstić information content (AvgIpc) is 3.16. The average molecular weight is 565 g/mol. The molecule has 1 saturated heterocycles. The predicted octanol–water partition coefficient (Wildman–Crippen LogP) is 3.81. The molecule has 2 aromatic rings. The third-order valence-electron chi connectivity index (χ3n) is 7.47. The molecule has 208 valence electrons. The first-order valence-electron chi connectivity index (χ1n) is 12.0. The molecule has 1 spiro atoms. The van der Waals surface area contributed by atoms with Crippen molar-refractivity contribution in [2.45, 2.75) is 50.9 Å². The van der Waals surface area contributed by atoms with Gasteiger partial charge in [0.2, 0.25) is 5.75 Å². The number of hydrogen-bond donors (Lipinski definition) is 0. The Morgan fingerprint density at radius 1 is 1.11 bits per heavy atom. The van der Waals surface area contributed by atoms with Gasteiger partial charge < -0.3 is 4.74 Å². The predicted molar refractivity (Wildman–Crippen MR) is 125 cm³/mol. The molecule has 38 heavy (non-hydrogen) atoms. The molecule has 1 aromatic heterocycles. The number of nitrogens with zero attached hydrogens (tertiary/aromatic N) is 4. The van der Waals surface area contributed by atoms with Crippen molar-refractivity contribution in [3.05, 3.63) is 57.8 Å². The van der Waals surface area contributed by atoms with Crippen LogP contribution in [0.3, 0.4) is 0 Å². The molecule has 5 rings (SSSR count). The molecule has 0 amide bonds. The first-order chi connectivity index (χ1) is 17.7. The summed E-state index contributed by atoms with van der Waals surface area (Å²) in [6.07, 6.45) is -6.06. The van der Waals surface area contributed by atoms with Crippen LogP contribution in [0, 0.1) is 11.3 Å². The van der Waals surface area contributed by atoms with E-state index in [4.69, 9.17) is 4.74 Å². The number of rotatable bonds is 7. The molecule has 1 saturated carbocycles. The molecular formula is C24H26F6N4O3S. The maximum Gasteiger partial charge on any atom is 0.411 e. The lowest BCUT2D eigenvalue weighted by atomic mass is 9.59. The van der Waals surface area contributed by atoms with E-state index in [0.29, 0.717) is 24.2 Å². The molecule has 2 unspecified atom stereocenters. The summed E-state index contributed by atoms with van der Waals surface area (Å²) < 4.78 is 102. The summed E-state index contributed by atoms with van der Waals surface area (Å²) in [4.78, 5) is 17.7. The Bertz CT molecular complexity index is 1260. The largest absolute Gasteiger partial charge is 0.486 e. The van der Waals surface area contributed by atoms with E-state index in [-0.39, 0.29) is 35.6 Å². The lowest BCUT2D eigenvalue weighted by Gasteiger charge is -2.58. The standard InChI is InChI=1S/C24H26F6N4O3S/c1-38(36)33-12-22(13-33)6-15(7-22)11-37-18-8-31-20(34(21(18)35)14-23(25,26)27)19(24(28,29)30)32-9-16-4-2-3-5-17(16)10-32/h2-5,8,15,19H,6-7,9-14H2,1H3. The molecule has 14 heteroatoms. The zero-order chi connectivity index (χ0) is 27.5. The van der Waals surface area contributed by atoms with Gasteiger partial charge in [0.1, 0.15) is 12.4 Å². The Labute approximate surface area is 217 Å². The first kappa shape index (κ1) is 27.1. The lowest BCUT2D eigenvalue weighted by molar-refractivity contribution is -0.193. The van der Waals surface area contributed by atoms with Crippen LogP contribution in [-0.4, -0.2) is 61.3 Å². The van der Waals surface area contributed by atoms with Gasteiger partial charge in [-0.2, -0.15) is 26.3 Å². The second-order valence-electron chi connectivity index (χ2n) is 10.4. The minimum Gasteiger partial charge on any atom is -0.486 e. The minimum absolute atomic E-state index is 0.0311. The van der Waals surface area contributed by atoms with E-state index in [2.05, 4.69) is 4.98 Å². The molecule has 2 fully saturated rings. The molecule has 1 aromatic carbocycles. The SMILES string of the molecule is CS(=O)N1CC2(CC(COc3cnc(C(N4Cc5ccccc5C4)C(F)(F)F)n(CC(F)(F)F)c3=O)C2)C1.